The topological polar surface area (TPSA) is 35.9 Å². The Morgan fingerprint density at radius 3 is 2.61 bits per heavy atom. The van der Waals surface area contributed by atoms with Crippen molar-refractivity contribution in [3.63, 3.8) is 0 Å². The molecule has 4 rings (SSSR count). The Hall–Kier alpha value is -1.59. The average Bonchev–Trinajstić information content (AvgIpc) is 3.03. The summed E-state index contributed by atoms with van der Waals surface area (Å²) in [5.41, 5.74) is 3.71. The van der Waals surface area contributed by atoms with Gasteiger partial charge in [0, 0.05) is 19.6 Å². The number of nitrogens with zero attached hydrogens (tertiary/aromatic N) is 2. The van der Waals surface area contributed by atoms with Gasteiger partial charge in [0.1, 0.15) is 12.0 Å². The second-order valence-corrected chi connectivity index (χ2v) is 7.89. The number of halogens is 1. The summed E-state index contributed by atoms with van der Waals surface area (Å²) < 4.78 is 5.32. The molecule has 1 saturated heterocycles. The van der Waals surface area contributed by atoms with Crippen LogP contribution in [0.2, 0.25) is 0 Å². The van der Waals surface area contributed by atoms with Gasteiger partial charge in [0.2, 0.25) is 0 Å². The fourth-order valence-corrected chi connectivity index (χ4v) is 4.44. The molecule has 2 heterocycles. The third-order valence-corrected chi connectivity index (χ3v) is 6.10. The fourth-order valence-electron chi connectivity index (χ4n) is 4.44. The largest absolute Gasteiger partial charge is 0.497 e. The second-order valence-electron chi connectivity index (χ2n) is 7.89. The van der Waals surface area contributed by atoms with Gasteiger partial charge in [0.05, 0.1) is 7.11 Å². The average molecular weight is 403 g/mol. The molecule has 0 aliphatic carbocycles. The highest BCUT2D eigenvalue weighted by Gasteiger charge is 2.30. The van der Waals surface area contributed by atoms with Crippen molar-refractivity contribution in [2.75, 3.05) is 33.3 Å². The van der Waals surface area contributed by atoms with E-state index in [4.69, 9.17) is 4.74 Å². The SMILES string of the molecule is COc1cccc(CCN2CCC(CN3Cc4ccccc4C3O)CC2)c1.Cl. The number of benzene rings is 2. The highest BCUT2D eigenvalue weighted by molar-refractivity contribution is 5.85. The van der Waals surface area contributed by atoms with Gasteiger partial charge in [-0.05, 0) is 67.1 Å². The molecule has 1 atom stereocenters. The monoisotopic (exact) mass is 402 g/mol. The molecule has 2 aromatic carbocycles. The highest BCUT2D eigenvalue weighted by atomic mass is 35.5. The molecule has 0 radical (unpaired) electrons. The third kappa shape index (κ3) is 4.87. The molecule has 0 bridgehead atoms. The number of methoxy groups -OCH3 is 1. The van der Waals surface area contributed by atoms with Crippen molar-refractivity contribution in [1.82, 2.24) is 9.80 Å². The number of fused-ring (bicyclic) bond motifs is 1. The number of hydrogen-bond acceptors (Lipinski definition) is 4. The molecule has 1 unspecified atom stereocenters. The summed E-state index contributed by atoms with van der Waals surface area (Å²) in [6.07, 6.45) is 3.09. The van der Waals surface area contributed by atoms with E-state index in [1.807, 2.05) is 12.1 Å². The number of hydrogen-bond donors (Lipinski definition) is 1. The van der Waals surface area contributed by atoms with Crippen molar-refractivity contribution >= 4 is 12.4 Å². The first-order valence-corrected chi connectivity index (χ1v) is 10.1. The van der Waals surface area contributed by atoms with Crippen LogP contribution >= 0.6 is 12.4 Å². The molecule has 0 amide bonds. The summed E-state index contributed by atoms with van der Waals surface area (Å²) in [5.74, 6) is 1.62. The van der Waals surface area contributed by atoms with Crippen molar-refractivity contribution in [1.29, 1.82) is 0 Å². The van der Waals surface area contributed by atoms with Crippen LogP contribution in [0, 0.1) is 5.92 Å². The molecule has 0 aromatic heterocycles. The van der Waals surface area contributed by atoms with Crippen molar-refractivity contribution in [2.24, 2.45) is 5.92 Å². The molecule has 2 aromatic rings. The third-order valence-electron chi connectivity index (χ3n) is 6.10. The van der Waals surface area contributed by atoms with Gasteiger partial charge in [0.15, 0.2) is 0 Å². The molecule has 2 aliphatic rings. The zero-order valence-electron chi connectivity index (χ0n) is 16.6. The first-order chi connectivity index (χ1) is 13.2. The first kappa shape index (κ1) is 21.1. The van der Waals surface area contributed by atoms with E-state index in [1.165, 1.54) is 24.0 Å². The lowest BCUT2D eigenvalue weighted by atomic mass is 9.96. The maximum atomic E-state index is 10.6. The van der Waals surface area contributed by atoms with Gasteiger partial charge in [-0.15, -0.1) is 12.4 Å². The van der Waals surface area contributed by atoms with Crippen LogP contribution < -0.4 is 4.74 Å². The Kier molecular flexibility index (Phi) is 7.36. The quantitative estimate of drug-likeness (QED) is 0.795. The van der Waals surface area contributed by atoms with Crippen LogP contribution in [0.1, 0.15) is 35.8 Å². The molecule has 0 saturated carbocycles. The molecule has 0 spiro atoms. The number of likely N-dealkylation sites (tertiary alicyclic amines) is 1. The summed E-state index contributed by atoms with van der Waals surface area (Å²) in [7, 11) is 1.72. The maximum absolute atomic E-state index is 10.6. The van der Waals surface area contributed by atoms with E-state index < -0.39 is 6.23 Å². The van der Waals surface area contributed by atoms with Crippen LogP contribution in [-0.4, -0.2) is 48.2 Å². The lowest BCUT2D eigenvalue weighted by Crippen LogP contribution is -2.39. The molecule has 2 aliphatic heterocycles. The van der Waals surface area contributed by atoms with Crippen LogP contribution in [0.3, 0.4) is 0 Å². The van der Waals surface area contributed by atoms with Crippen molar-refractivity contribution in [3.05, 3.63) is 65.2 Å². The molecule has 4 nitrogen and oxygen atoms in total. The zero-order chi connectivity index (χ0) is 18.6. The molecule has 28 heavy (non-hydrogen) atoms. The minimum absolute atomic E-state index is 0. The lowest BCUT2D eigenvalue weighted by molar-refractivity contribution is -0.00370. The number of aliphatic hydroxyl groups excluding tert-OH is 1. The molecule has 1 N–H and O–H groups in total. The van der Waals surface area contributed by atoms with Crippen LogP contribution in [0.15, 0.2) is 48.5 Å². The Morgan fingerprint density at radius 2 is 1.86 bits per heavy atom. The summed E-state index contributed by atoms with van der Waals surface area (Å²) in [4.78, 5) is 4.81. The summed E-state index contributed by atoms with van der Waals surface area (Å²) in [6.45, 7) is 5.31. The van der Waals surface area contributed by atoms with Gasteiger partial charge in [-0.1, -0.05) is 36.4 Å². The Morgan fingerprint density at radius 1 is 1.07 bits per heavy atom. The van der Waals surface area contributed by atoms with Gasteiger partial charge < -0.3 is 14.7 Å². The zero-order valence-corrected chi connectivity index (χ0v) is 17.4. The van der Waals surface area contributed by atoms with E-state index in [1.54, 1.807) is 7.11 Å². The number of piperidine rings is 1. The van der Waals surface area contributed by atoms with Gasteiger partial charge in [-0.3, -0.25) is 4.90 Å². The van der Waals surface area contributed by atoms with Crippen LogP contribution in [0.5, 0.6) is 5.75 Å². The predicted molar refractivity (Wildman–Crippen MR) is 115 cm³/mol. The summed E-state index contributed by atoms with van der Waals surface area (Å²) >= 11 is 0. The minimum atomic E-state index is -0.424. The van der Waals surface area contributed by atoms with Gasteiger partial charge >= 0.3 is 0 Å². The Labute approximate surface area is 174 Å². The van der Waals surface area contributed by atoms with E-state index in [2.05, 4.69) is 46.2 Å². The first-order valence-electron chi connectivity index (χ1n) is 10.1. The van der Waals surface area contributed by atoms with E-state index in [-0.39, 0.29) is 12.4 Å². The fraction of sp³-hybridized carbons (Fsp3) is 0.478. The van der Waals surface area contributed by atoms with E-state index >= 15 is 0 Å². The van der Waals surface area contributed by atoms with Crippen molar-refractivity contribution in [2.45, 2.75) is 32.0 Å². The van der Waals surface area contributed by atoms with E-state index in [0.717, 1.165) is 50.5 Å². The van der Waals surface area contributed by atoms with Crippen molar-refractivity contribution in [3.8, 4) is 5.75 Å². The Balaban J connectivity index is 0.00000225. The summed E-state index contributed by atoms with van der Waals surface area (Å²) in [5, 5.41) is 10.6. The van der Waals surface area contributed by atoms with Crippen LogP contribution in [0.4, 0.5) is 0 Å². The molecule has 152 valence electrons. The number of aliphatic hydroxyl groups is 1. The predicted octanol–water partition coefficient (Wildman–Crippen LogP) is 3.88. The molecule has 1 fully saturated rings. The molecular weight excluding hydrogens is 372 g/mol. The molecular formula is C23H31ClN2O2. The normalized spacial score (nSPS) is 20.6. The number of rotatable bonds is 6. The Bertz CT molecular complexity index is 762. The van der Waals surface area contributed by atoms with Crippen LogP contribution in [-0.2, 0) is 13.0 Å². The summed E-state index contributed by atoms with van der Waals surface area (Å²) in [6, 6.07) is 16.7. The van der Waals surface area contributed by atoms with Crippen LogP contribution in [0.25, 0.3) is 0 Å². The van der Waals surface area contributed by atoms with Gasteiger partial charge in [-0.25, -0.2) is 0 Å². The van der Waals surface area contributed by atoms with E-state index in [0.29, 0.717) is 5.92 Å². The standard InChI is InChI=1S/C23H30N2O2.ClH/c1-27-21-7-4-5-18(15-21)9-12-24-13-10-19(11-14-24)16-25-17-20-6-2-3-8-22(20)23(25)26;/h2-8,15,19,23,26H,9-14,16-17H2,1H3;1H. The molecule has 5 heteroatoms. The van der Waals surface area contributed by atoms with E-state index in [9.17, 15) is 5.11 Å². The second kappa shape index (κ2) is 9.75. The number of ether oxygens (including phenoxy) is 1. The van der Waals surface area contributed by atoms with Crippen molar-refractivity contribution < 1.29 is 9.84 Å². The van der Waals surface area contributed by atoms with Gasteiger partial charge in [0.25, 0.3) is 0 Å². The minimum Gasteiger partial charge on any atom is -0.497 e. The maximum Gasteiger partial charge on any atom is 0.134 e. The smallest absolute Gasteiger partial charge is 0.134 e. The highest BCUT2D eigenvalue weighted by Crippen LogP contribution is 2.33. The lowest BCUT2D eigenvalue weighted by Gasteiger charge is -2.34. The van der Waals surface area contributed by atoms with Gasteiger partial charge in [-0.2, -0.15) is 0 Å².